The molecule has 0 aliphatic heterocycles. The summed E-state index contributed by atoms with van der Waals surface area (Å²) in [4.78, 5) is 0. The number of aliphatic hydroxyl groups is 5. The summed E-state index contributed by atoms with van der Waals surface area (Å²) < 4.78 is 0. The van der Waals surface area contributed by atoms with Gasteiger partial charge in [-0.2, -0.15) is 0 Å². The number of aliphatic hydroxyl groups excluding tert-OH is 2. The van der Waals surface area contributed by atoms with Crippen molar-refractivity contribution in [2.45, 2.75) is 38.8 Å². The molecule has 1 unspecified atom stereocenters. The summed E-state index contributed by atoms with van der Waals surface area (Å²) >= 11 is 0. The van der Waals surface area contributed by atoms with E-state index in [2.05, 4.69) is 0 Å². The number of allylic oxidation sites excluding steroid dienone is 1. The fourth-order valence-corrected chi connectivity index (χ4v) is 0.788. The molecule has 0 rings (SSSR count). The Morgan fingerprint density at radius 2 is 1.69 bits per heavy atom. The fraction of sp³-hybridized carbons (Fsp3) is 0.750. The molecule has 78 valence electrons. The molecule has 1 atom stereocenters. The van der Waals surface area contributed by atoms with Gasteiger partial charge in [0.2, 0.25) is 0 Å². The largest absolute Gasteiger partial charge is 0.513 e. The third-order valence-corrected chi connectivity index (χ3v) is 1.82. The minimum Gasteiger partial charge on any atom is -0.513 e. The van der Waals surface area contributed by atoms with Crippen LogP contribution in [0.1, 0.15) is 26.7 Å². The van der Waals surface area contributed by atoms with Crippen LogP contribution in [0.25, 0.3) is 0 Å². The van der Waals surface area contributed by atoms with Gasteiger partial charge in [0.05, 0.1) is 11.9 Å². The Labute approximate surface area is 76.6 Å². The first-order chi connectivity index (χ1) is 5.74. The molecule has 13 heavy (non-hydrogen) atoms. The Kier molecular flexibility index (Phi) is 4.35. The second kappa shape index (κ2) is 4.57. The van der Waals surface area contributed by atoms with Gasteiger partial charge in [0.15, 0.2) is 0 Å². The van der Waals surface area contributed by atoms with E-state index in [1.54, 1.807) is 0 Å². The first-order valence-corrected chi connectivity index (χ1v) is 3.95. The quantitative estimate of drug-likeness (QED) is 0.308. The zero-order valence-corrected chi connectivity index (χ0v) is 7.73. The van der Waals surface area contributed by atoms with Gasteiger partial charge in [0, 0.05) is 6.42 Å². The molecule has 0 saturated carbocycles. The molecule has 0 radical (unpaired) electrons. The van der Waals surface area contributed by atoms with E-state index in [-0.39, 0.29) is 18.6 Å². The summed E-state index contributed by atoms with van der Waals surface area (Å²) in [5.74, 6) is -2.77. The van der Waals surface area contributed by atoms with E-state index in [1.807, 2.05) is 0 Å². The average molecular weight is 192 g/mol. The molecule has 0 bridgehead atoms. The van der Waals surface area contributed by atoms with Crippen molar-refractivity contribution in [2.24, 2.45) is 0 Å². The van der Waals surface area contributed by atoms with Gasteiger partial charge in [0.1, 0.15) is 0 Å². The molecule has 0 amide bonds. The number of rotatable bonds is 4. The molecule has 0 aromatic heterocycles. The van der Waals surface area contributed by atoms with Crippen LogP contribution in [0.2, 0.25) is 0 Å². The SMILES string of the molecule is CC(O)=C(C)C(O)CCC(O)(O)O. The van der Waals surface area contributed by atoms with Crippen molar-refractivity contribution in [1.82, 2.24) is 0 Å². The summed E-state index contributed by atoms with van der Waals surface area (Å²) in [6.07, 6.45) is -1.39. The highest BCUT2D eigenvalue weighted by atomic mass is 16.7. The van der Waals surface area contributed by atoms with E-state index in [9.17, 15) is 5.11 Å². The van der Waals surface area contributed by atoms with Crippen LogP contribution in [0.5, 0.6) is 0 Å². The third kappa shape index (κ3) is 5.59. The Morgan fingerprint density at radius 1 is 1.23 bits per heavy atom. The van der Waals surface area contributed by atoms with Gasteiger partial charge in [-0.3, -0.25) is 0 Å². The maximum atomic E-state index is 9.30. The predicted molar refractivity (Wildman–Crippen MR) is 45.6 cm³/mol. The molecule has 0 aromatic rings. The molecule has 5 nitrogen and oxygen atoms in total. The zero-order valence-electron chi connectivity index (χ0n) is 7.73. The Hall–Kier alpha value is -0.620. The van der Waals surface area contributed by atoms with Crippen molar-refractivity contribution >= 4 is 0 Å². The second-order valence-electron chi connectivity index (χ2n) is 3.10. The van der Waals surface area contributed by atoms with Crippen LogP contribution in [0.3, 0.4) is 0 Å². The minimum absolute atomic E-state index is 0.00748. The third-order valence-electron chi connectivity index (χ3n) is 1.82. The average Bonchev–Trinajstić information content (AvgIpc) is 1.97. The van der Waals surface area contributed by atoms with Crippen LogP contribution in [0.15, 0.2) is 11.3 Å². The molecule has 5 N–H and O–H groups in total. The zero-order chi connectivity index (χ0) is 10.6. The van der Waals surface area contributed by atoms with Crippen molar-refractivity contribution in [3.05, 3.63) is 11.3 Å². The van der Waals surface area contributed by atoms with E-state index in [1.165, 1.54) is 13.8 Å². The van der Waals surface area contributed by atoms with Gasteiger partial charge in [-0.15, -0.1) is 0 Å². The first kappa shape index (κ1) is 12.4. The lowest BCUT2D eigenvalue weighted by Crippen LogP contribution is -2.28. The van der Waals surface area contributed by atoms with Gasteiger partial charge < -0.3 is 25.5 Å². The van der Waals surface area contributed by atoms with Crippen molar-refractivity contribution in [2.75, 3.05) is 0 Å². The Morgan fingerprint density at radius 3 is 2.00 bits per heavy atom. The minimum atomic E-state index is -2.76. The highest BCUT2D eigenvalue weighted by Crippen LogP contribution is 2.14. The maximum absolute atomic E-state index is 9.30. The molecule has 0 aliphatic rings. The van der Waals surface area contributed by atoms with Crippen molar-refractivity contribution in [3.63, 3.8) is 0 Å². The lowest BCUT2D eigenvalue weighted by Gasteiger charge is -2.17. The van der Waals surface area contributed by atoms with Crippen molar-refractivity contribution in [3.8, 4) is 0 Å². The molecule has 5 heteroatoms. The summed E-state index contributed by atoms with van der Waals surface area (Å²) in [6.45, 7) is 2.94. The van der Waals surface area contributed by atoms with Gasteiger partial charge in [0.25, 0.3) is 5.97 Å². The monoisotopic (exact) mass is 192 g/mol. The number of hydrogen-bond acceptors (Lipinski definition) is 5. The van der Waals surface area contributed by atoms with Gasteiger partial charge in [-0.05, 0) is 25.8 Å². The molecular weight excluding hydrogens is 176 g/mol. The van der Waals surface area contributed by atoms with Crippen LogP contribution >= 0.6 is 0 Å². The highest BCUT2D eigenvalue weighted by molar-refractivity contribution is 5.07. The van der Waals surface area contributed by atoms with Gasteiger partial charge in [-0.25, -0.2) is 0 Å². The van der Waals surface area contributed by atoms with Crippen molar-refractivity contribution < 1.29 is 25.5 Å². The lowest BCUT2D eigenvalue weighted by molar-refractivity contribution is -0.316. The maximum Gasteiger partial charge on any atom is 0.275 e. The van der Waals surface area contributed by atoms with Crippen LogP contribution in [-0.4, -0.2) is 37.6 Å². The normalized spacial score (nSPS) is 16.8. The summed E-state index contributed by atoms with van der Waals surface area (Å²) in [5, 5.41) is 43.8. The summed E-state index contributed by atoms with van der Waals surface area (Å²) in [6, 6.07) is 0. The van der Waals surface area contributed by atoms with Gasteiger partial charge >= 0.3 is 0 Å². The molecule has 0 fully saturated rings. The molecule has 0 heterocycles. The van der Waals surface area contributed by atoms with Crippen LogP contribution < -0.4 is 0 Å². The second-order valence-corrected chi connectivity index (χ2v) is 3.10. The molecular formula is C8H16O5. The summed E-state index contributed by atoms with van der Waals surface area (Å²) in [7, 11) is 0. The van der Waals surface area contributed by atoms with Crippen LogP contribution in [-0.2, 0) is 0 Å². The molecule has 0 aromatic carbocycles. The van der Waals surface area contributed by atoms with E-state index in [0.29, 0.717) is 5.57 Å². The van der Waals surface area contributed by atoms with E-state index < -0.39 is 12.1 Å². The van der Waals surface area contributed by atoms with Crippen LogP contribution in [0, 0.1) is 0 Å². The number of hydrogen-bond donors (Lipinski definition) is 5. The lowest BCUT2D eigenvalue weighted by atomic mass is 10.1. The van der Waals surface area contributed by atoms with E-state index in [4.69, 9.17) is 20.4 Å². The molecule has 0 spiro atoms. The van der Waals surface area contributed by atoms with Crippen molar-refractivity contribution in [1.29, 1.82) is 0 Å². The standard InChI is InChI=1S/C8H16O5/c1-5(6(2)9)7(10)3-4-8(11,12)13/h7,9-13H,3-4H2,1-2H3. The Bertz CT molecular complexity index is 187. The fourth-order valence-electron chi connectivity index (χ4n) is 0.788. The van der Waals surface area contributed by atoms with Gasteiger partial charge in [-0.1, -0.05) is 0 Å². The highest BCUT2D eigenvalue weighted by Gasteiger charge is 2.20. The predicted octanol–water partition coefficient (Wildman–Crippen LogP) is -0.390. The summed E-state index contributed by atoms with van der Waals surface area (Å²) in [5.41, 5.74) is 0.351. The van der Waals surface area contributed by atoms with E-state index >= 15 is 0 Å². The Balaban J connectivity index is 4.03. The van der Waals surface area contributed by atoms with E-state index in [0.717, 1.165) is 0 Å². The smallest absolute Gasteiger partial charge is 0.275 e. The van der Waals surface area contributed by atoms with Crippen LogP contribution in [0.4, 0.5) is 0 Å². The molecule has 0 saturated heterocycles. The first-order valence-electron chi connectivity index (χ1n) is 3.95. The topological polar surface area (TPSA) is 101 Å². The molecule has 0 aliphatic carbocycles.